The monoisotopic (exact) mass is 286 g/mol. The molecule has 0 saturated heterocycles. The first kappa shape index (κ1) is 12.9. The van der Waals surface area contributed by atoms with Gasteiger partial charge >= 0.3 is 0 Å². The molecule has 3 rings (SSSR count). The number of aliphatic hydroxyl groups is 1. The van der Waals surface area contributed by atoms with E-state index in [-0.39, 0.29) is 22.7 Å². The number of rotatable bonds is 3. The van der Waals surface area contributed by atoms with E-state index in [1.807, 2.05) is 0 Å². The molecule has 3 aromatic rings. The number of aromatic amines is 1. The molecule has 0 aliphatic rings. The van der Waals surface area contributed by atoms with Crippen LogP contribution in [0.3, 0.4) is 0 Å². The van der Waals surface area contributed by atoms with Gasteiger partial charge in [-0.2, -0.15) is 0 Å². The Hall–Kier alpha value is -3.16. The van der Waals surface area contributed by atoms with Gasteiger partial charge in [-0.3, -0.25) is 9.78 Å². The average Bonchev–Trinajstić information content (AvgIpc) is 2.94. The molecule has 0 atom stereocenters. The molecule has 8 nitrogen and oxygen atoms in total. The van der Waals surface area contributed by atoms with Crippen LogP contribution in [0.1, 0.15) is 11.3 Å². The van der Waals surface area contributed by atoms with Gasteiger partial charge in [0.15, 0.2) is 0 Å². The molecule has 0 aliphatic carbocycles. The smallest absolute Gasteiger partial charge is 0.275 e. The summed E-state index contributed by atoms with van der Waals surface area (Å²) in [5.41, 5.74) is 0.289. The van der Waals surface area contributed by atoms with Crippen molar-refractivity contribution in [3.05, 3.63) is 45.9 Å². The number of H-pyrrole nitrogens is 1. The first-order valence-electron chi connectivity index (χ1n) is 5.95. The van der Waals surface area contributed by atoms with Crippen LogP contribution in [-0.4, -0.2) is 32.5 Å². The highest BCUT2D eigenvalue weighted by atomic mass is 16.6. The number of nitrogens with one attached hydrogen (secondary N) is 1. The fourth-order valence-electron chi connectivity index (χ4n) is 1.77. The number of hydrogen-bond acceptors (Lipinski definition) is 7. The van der Waals surface area contributed by atoms with Gasteiger partial charge in [0.1, 0.15) is 17.2 Å². The molecule has 0 fully saturated rings. The molecular formula is C13H10N4O4. The van der Waals surface area contributed by atoms with Crippen molar-refractivity contribution in [2.24, 2.45) is 0 Å². The normalized spacial score (nSPS) is 11.8. The van der Waals surface area contributed by atoms with Crippen molar-refractivity contribution < 1.29 is 14.5 Å². The Bertz CT molecular complexity index is 881. The predicted octanol–water partition coefficient (Wildman–Crippen LogP) is 1.37. The number of nitrogens with zero attached hydrogens (tertiary/aromatic N) is 3. The van der Waals surface area contributed by atoms with Crippen LogP contribution in [0.4, 0.5) is 0 Å². The minimum absolute atomic E-state index is 0.00137. The lowest BCUT2D eigenvalue weighted by Crippen LogP contribution is -2.12. The van der Waals surface area contributed by atoms with E-state index in [0.29, 0.717) is 11.3 Å². The third-order valence-electron chi connectivity index (χ3n) is 2.80. The molecule has 2 aromatic heterocycles. The molecule has 2 heterocycles. The maximum atomic E-state index is 11.8. The Kier molecular flexibility index (Phi) is 3.11. The summed E-state index contributed by atoms with van der Waals surface area (Å²) in [4.78, 5) is 18.2. The molecule has 106 valence electrons. The average molecular weight is 286 g/mol. The van der Waals surface area contributed by atoms with E-state index >= 15 is 0 Å². The Morgan fingerprint density at radius 2 is 2.29 bits per heavy atom. The molecule has 0 aliphatic heterocycles. The Morgan fingerprint density at radius 1 is 1.43 bits per heavy atom. The first-order chi connectivity index (χ1) is 10.2. The second-order valence-corrected chi connectivity index (χ2v) is 4.15. The number of hydrogen-bond donors (Lipinski definition) is 2. The third kappa shape index (κ3) is 2.46. The van der Waals surface area contributed by atoms with Crippen molar-refractivity contribution in [1.82, 2.24) is 20.3 Å². The molecule has 0 bridgehead atoms. The summed E-state index contributed by atoms with van der Waals surface area (Å²) in [6, 6.07) is 6.78. The number of aromatic nitrogens is 4. The van der Waals surface area contributed by atoms with E-state index in [1.165, 1.54) is 13.2 Å². The molecule has 0 spiro atoms. The van der Waals surface area contributed by atoms with E-state index in [2.05, 4.69) is 24.9 Å². The summed E-state index contributed by atoms with van der Waals surface area (Å²) in [7, 11) is 1.53. The van der Waals surface area contributed by atoms with Gasteiger partial charge in [-0.25, -0.2) is 9.61 Å². The van der Waals surface area contributed by atoms with Crippen LogP contribution < -0.4 is 10.3 Å². The van der Waals surface area contributed by atoms with E-state index < -0.39 is 5.56 Å². The van der Waals surface area contributed by atoms with Gasteiger partial charge in [-0.1, -0.05) is 12.1 Å². The largest absolute Gasteiger partial charge is 0.507 e. The lowest BCUT2D eigenvalue weighted by atomic mass is 10.1. The lowest BCUT2D eigenvalue weighted by molar-refractivity contribution is 0.314. The van der Waals surface area contributed by atoms with Crippen molar-refractivity contribution in [1.29, 1.82) is 0 Å². The van der Waals surface area contributed by atoms with E-state index in [1.54, 1.807) is 24.3 Å². The molecule has 0 amide bonds. The summed E-state index contributed by atoms with van der Waals surface area (Å²) in [6.45, 7) is 0. The summed E-state index contributed by atoms with van der Waals surface area (Å²) >= 11 is 0. The highest BCUT2D eigenvalue weighted by Gasteiger charge is 2.09. The summed E-state index contributed by atoms with van der Waals surface area (Å²) in [6.07, 6.45) is 1.24. The van der Waals surface area contributed by atoms with E-state index in [9.17, 15) is 9.90 Å². The molecule has 2 N–H and O–H groups in total. The Morgan fingerprint density at radius 3 is 3.10 bits per heavy atom. The van der Waals surface area contributed by atoms with Gasteiger partial charge in [-0.15, -0.1) is 0 Å². The standard InChI is InChI=1S/C13H10N4O4/c1-20-8-4-2-3-7(5-8)10(18)6-9-13(19)15-12-11(14-9)16-21-17-12/h2-6,18H,1H3,(H,15,17,19). The fraction of sp³-hybridized carbons (Fsp3) is 0.0769. The highest BCUT2D eigenvalue weighted by molar-refractivity contribution is 5.76. The van der Waals surface area contributed by atoms with Crippen LogP contribution in [0.15, 0.2) is 33.7 Å². The molecule has 1 aromatic carbocycles. The van der Waals surface area contributed by atoms with Gasteiger partial charge in [0.05, 0.1) is 7.11 Å². The van der Waals surface area contributed by atoms with Crippen LogP contribution in [0.2, 0.25) is 0 Å². The van der Waals surface area contributed by atoms with Crippen molar-refractivity contribution in [2.75, 3.05) is 7.11 Å². The van der Waals surface area contributed by atoms with Crippen molar-refractivity contribution in [3.63, 3.8) is 0 Å². The van der Waals surface area contributed by atoms with Gasteiger partial charge in [0.25, 0.3) is 5.56 Å². The van der Waals surface area contributed by atoms with Crippen molar-refractivity contribution >= 4 is 23.1 Å². The first-order valence-corrected chi connectivity index (χ1v) is 5.95. The SMILES string of the molecule is COc1cccc(C(O)=Cc2nc3nonc3[nH]c2=O)c1. The van der Waals surface area contributed by atoms with Gasteiger partial charge in [-0.05, 0) is 22.4 Å². The molecule has 0 radical (unpaired) electrons. The minimum atomic E-state index is -0.507. The van der Waals surface area contributed by atoms with Gasteiger partial charge in [0, 0.05) is 11.6 Å². The molecule has 0 unspecified atom stereocenters. The lowest BCUT2D eigenvalue weighted by Gasteiger charge is -2.03. The third-order valence-corrected chi connectivity index (χ3v) is 2.80. The predicted molar refractivity (Wildman–Crippen MR) is 73.7 cm³/mol. The van der Waals surface area contributed by atoms with Crippen molar-refractivity contribution in [3.8, 4) is 5.75 Å². The van der Waals surface area contributed by atoms with Crippen LogP contribution in [-0.2, 0) is 0 Å². The van der Waals surface area contributed by atoms with Gasteiger partial charge < -0.3 is 9.84 Å². The summed E-state index contributed by atoms with van der Waals surface area (Å²) in [5.74, 6) is 0.466. The maximum absolute atomic E-state index is 11.8. The molecular weight excluding hydrogens is 276 g/mol. The van der Waals surface area contributed by atoms with Crippen LogP contribution >= 0.6 is 0 Å². The van der Waals surface area contributed by atoms with Crippen molar-refractivity contribution in [2.45, 2.75) is 0 Å². The van der Waals surface area contributed by atoms with Crippen LogP contribution in [0.5, 0.6) is 5.75 Å². The Balaban J connectivity index is 2.05. The second kappa shape index (κ2) is 5.08. The zero-order valence-corrected chi connectivity index (χ0v) is 10.9. The van der Waals surface area contributed by atoms with Gasteiger partial charge in [0.2, 0.25) is 11.3 Å². The van der Waals surface area contributed by atoms with Crippen LogP contribution in [0, 0.1) is 0 Å². The zero-order valence-electron chi connectivity index (χ0n) is 10.9. The number of methoxy groups -OCH3 is 1. The minimum Gasteiger partial charge on any atom is -0.507 e. The van der Waals surface area contributed by atoms with Crippen LogP contribution in [0.25, 0.3) is 23.1 Å². The quantitative estimate of drug-likeness (QED) is 0.699. The number of aliphatic hydroxyl groups excluding tert-OH is 1. The number of benzene rings is 1. The van der Waals surface area contributed by atoms with E-state index in [4.69, 9.17) is 4.74 Å². The molecule has 0 saturated carbocycles. The topological polar surface area (TPSA) is 114 Å². The summed E-state index contributed by atoms with van der Waals surface area (Å²) in [5, 5.41) is 17.1. The second-order valence-electron chi connectivity index (χ2n) is 4.15. The molecule has 21 heavy (non-hydrogen) atoms. The molecule has 8 heteroatoms. The number of fused-ring (bicyclic) bond motifs is 1. The highest BCUT2D eigenvalue weighted by Crippen LogP contribution is 2.19. The summed E-state index contributed by atoms with van der Waals surface area (Å²) < 4.78 is 9.54. The number of ether oxygens (including phenoxy) is 1. The maximum Gasteiger partial charge on any atom is 0.275 e. The van der Waals surface area contributed by atoms with E-state index in [0.717, 1.165) is 0 Å². The Labute approximate surface area is 117 Å². The fourth-order valence-corrected chi connectivity index (χ4v) is 1.77. The zero-order chi connectivity index (χ0) is 14.8.